The number of anilines is 2. The molecule has 9 heteroatoms. The standard InChI is InChI=1S/C26H34N6O2S/c1-5-17-12-19(14-28-24(17)27)29-25(33)26(34)32-15-16(2)6-8-21(32)18-7-9-22-20(13-18)30-23(35-22)10-11-31(3)4/h7,9,12-14,16,21H,5-6,8,10-11,15H2,1-4H3,(H2,27,28)(H,29,33). The maximum Gasteiger partial charge on any atom is 0.313 e. The van der Waals surface area contributed by atoms with Gasteiger partial charge in [-0.25, -0.2) is 9.97 Å². The fourth-order valence-electron chi connectivity index (χ4n) is 4.54. The molecule has 3 heterocycles. The van der Waals surface area contributed by atoms with Crippen LogP contribution < -0.4 is 11.1 Å². The van der Waals surface area contributed by atoms with E-state index in [2.05, 4.69) is 54.4 Å². The number of likely N-dealkylation sites (N-methyl/N-ethyl adjacent to an activating group) is 1. The quantitative estimate of drug-likeness (QED) is 0.504. The molecule has 1 aliphatic heterocycles. The summed E-state index contributed by atoms with van der Waals surface area (Å²) in [5.41, 5.74) is 9.16. The first-order chi connectivity index (χ1) is 16.7. The Morgan fingerprint density at radius 3 is 2.80 bits per heavy atom. The number of pyridine rings is 1. The van der Waals surface area contributed by atoms with Crippen molar-refractivity contribution in [1.29, 1.82) is 0 Å². The number of thiazole rings is 1. The number of carbonyl (C=O) groups excluding carboxylic acids is 2. The number of rotatable bonds is 6. The molecule has 2 atom stereocenters. The van der Waals surface area contributed by atoms with E-state index in [4.69, 9.17) is 10.7 Å². The average Bonchev–Trinajstić information content (AvgIpc) is 3.25. The first-order valence-corrected chi connectivity index (χ1v) is 13.0. The van der Waals surface area contributed by atoms with E-state index in [0.29, 0.717) is 30.4 Å². The molecule has 2 aromatic heterocycles. The molecule has 0 bridgehead atoms. The largest absolute Gasteiger partial charge is 0.383 e. The molecule has 0 aliphatic carbocycles. The second kappa shape index (κ2) is 10.7. The van der Waals surface area contributed by atoms with E-state index in [1.54, 1.807) is 22.3 Å². The molecule has 0 spiro atoms. The van der Waals surface area contributed by atoms with Gasteiger partial charge < -0.3 is 20.9 Å². The molecule has 1 aliphatic rings. The fourth-order valence-corrected chi connectivity index (χ4v) is 5.47. The van der Waals surface area contributed by atoms with Crippen molar-refractivity contribution in [3.05, 3.63) is 46.6 Å². The Balaban J connectivity index is 1.54. The number of piperidine rings is 1. The molecule has 8 nitrogen and oxygen atoms in total. The third-order valence-corrected chi connectivity index (χ3v) is 7.62. The normalized spacial score (nSPS) is 18.3. The lowest BCUT2D eigenvalue weighted by atomic mass is 9.89. The number of nitrogens with zero attached hydrogens (tertiary/aromatic N) is 4. The third-order valence-electron chi connectivity index (χ3n) is 6.53. The van der Waals surface area contributed by atoms with Crippen LogP contribution in [0.15, 0.2) is 30.5 Å². The summed E-state index contributed by atoms with van der Waals surface area (Å²) in [5.74, 6) is -0.419. The monoisotopic (exact) mass is 494 g/mol. The highest BCUT2D eigenvalue weighted by Gasteiger charge is 2.34. The van der Waals surface area contributed by atoms with E-state index >= 15 is 0 Å². The molecule has 35 heavy (non-hydrogen) atoms. The Morgan fingerprint density at radius 2 is 2.06 bits per heavy atom. The predicted octanol–water partition coefficient (Wildman–Crippen LogP) is 3.88. The first kappa shape index (κ1) is 25.1. The van der Waals surface area contributed by atoms with Crippen LogP contribution in [0.5, 0.6) is 0 Å². The summed E-state index contributed by atoms with van der Waals surface area (Å²) in [5, 5.41) is 3.83. The number of likely N-dealkylation sites (tertiary alicyclic amines) is 1. The van der Waals surface area contributed by atoms with Crippen LogP contribution in [0.1, 0.15) is 48.9 Å². The minimum Gasteiger partial charge on any atom is -0.383 e. The number of carbonyl (C=O) groups is 2. The predicted molar refractivity (Wildman–Crippen MR) is 141 cm³/mol. The van der Waals surface area contributed by atoms with E-state index in [1.165, 1.54) is 6.20 Å². The van der Waals surface area contributed by atoms with Gasteiger partial charge in [0.25, 0.3) is 0 Å². The summed E-state index contributed by atoms with van der Waals surface area (Å²) in [6.45, 7) is 5.58. The number of nitrogen functional groups attached to an aromatic ring is 1. The SMILES string of the molecule is CCc1cc(NC(=O)C(=O)N2CC(C)CCC2c2ccc3sc(CCN(C)C)nc3c2)cnc1N. The van der Waals surface area contributed by atoms with Crippen molar-refractivity contribution in [3.63, 3.8) is 0 Å². The second-order valence-electron chi connectivity index (χ2n) is 9.62. The molecule has 0 radical (unpaired) electrons. The summed E-state index contributed by atoms with van der Waals surface area (Å²) in [4.78, 5) is 39.1. The highest BCUT2D eigenvalue weighted by molar-refractivity contribution is 7.18. The Labute approximate surface area is 210 Å². The Morgan fingerprint density at radius 1 is 1.26 bits per heavy atom. The van der Waals surface area contributed by atoms with Crippen molar-refractivity contribution in [3.8, 4) is 0 Å². The van der Waals surface area contributed by atoms with Crippen LogP contribution in [0, 0.1) is 5.92 Å². The minimum atomic E-state index is -0.654. The van der Waals surface area contributed by atoms with Crippen LogP contribution in [-0.2, 0) is 22.4 Å². The van der Waals surface area contributed by atoms with Crippen LogP contribution in [-0.4, -0.2) is 58.8 Å². The second-order valence-corrected chi connectivity index (χ2v) is 10.7. The van der Waals surface area contributed by atoms with E-state index in [9.17, 15) is 9.59 Å². The number of fused-ring (bicyclic) bond motifs is 1. The lowest BCUT2D eigenvalue weighted by molar-refractivity contribution is -0.146. The van der Waals surface area contributed by atoms with Crippen molar-refractivity contribution in [2.75, 3.05) is 38.2 Å². The lowest BCUT2D eigenvalue weighted by Crippen LogP contribution is -2.46. The van der Waals surface area contributed by atoms with E-state index in [1.807, 2.05) is 6.92 Å². The molecule has 4 rings (SSSR count). The highest BCUT2D eigenvalue weighted by Crippen LogP contribution is 2.35. The van der Waals surface area contributed by atoms with E-state index in [-0.39, 0.29) is 6.04 Å². The smallest absolute Gasteiger partial charge is 0.313 e. The van der Waals surface area contributed by atoms with Crippen LogP contribution in [0.25, 0.3) is 10.2 Å². The zero-order valence-electron chi connectivity index (χ0n) is 20.9. The number of nitrogens with two attached hydrogens (primary N) is 1. The summed E-state index contributed by atoms with van der Waals surface area (Å²) < 4.78 is 1.14. The third kappa shape index (κ3) is 5.79. The van der Waals surface area contributed by atoms with Crippen molar-refractivity contribution in [2.24, 2.45) is 5.92 Å². The molecular weight excluding hydrogens is 460 g/mol. The number of aromatic nitrogens is 2. The molecule has 0 saturated carbocycles. The number of hydrogen-bond acceptors (Lipinski definition) is 7. The minimum absolute atomic E-state index is 0.156. The Hall–Kier alpha value is -3.04. The molecule has 3 N–H and O–H groups in total. The van der Waals surface area contributed by atoms with Gasteiger partial charge in [0, 0.05) is 19.5 Å². The number of aryl methyl sites for hydroxylation is 1. The fraction of sp³-hybridized carbons (Fsp3) is 0.462. The van der Waals surface area contributed by atoms with Gasteiger partial charge >= 0.3 is 11.8 Å². The number of benzene rings is 1. The summed E-state index contributed by atoms with van der Waals surface area (Å²) >= 11 is 1.71. The summed E-state index contributed by atoms with van der Waals surface area (Å²) in [6, 6.07) is 7.87. The summed E-state index contributed by atoms with van der Waals surface area (Å²) in [7, 11) is 4.12. The molecule has 3 aromatic rings. The van der Waals surface area contributed by atoms with Gasteiger partial charge in [-0.1, -0.05) is 19.9 Å². The molecule has 1 saturated heterocycles. The molecule has 2 unspecified atom stereocenters. The Bertz CT molecular complexity index is 1220. The van der Waals surface area contributed by atoms with Gasteiger partial charge in [-0.2, -0.15) is 0 Å². The van der Waals surface area contributed by atoms with Crippen molar-refractivity contribution >= 4 is 44.9 Å². The topological polar surface area (TPSA) is 104 Å². The van der Waals surface area contributed by atoms with E-state index < -0.39 is 11.8 Å². The first-order valence-electron chi connectivity index (χ1n) is 12.2. The number of nitrogens with one attached hydrogen (secondary N) is 1. The average molecular weight is 495 g/mol. The summed E-state index contributed by atoms with van der Waals surface area (Å²) in [6.07, 6.45) is 4.90. The highest BCUT2D eigenvalue weighted by atomic mass is 32.1. The van der Waals surface area contributed by atoms with Gasteiger partial charge in [-0.05, 0) is 68.6 Å². The van der Waals surface area contributed by atoms with Crippen molar-refractivity contribution in [1.82, 2.24) is 19.8 Å². The zero-order chi connectivity index (χ0) is 25.1. The van der Waals surface area contributed by atoms with Gasteiger partial charge in [-0.15, -0.1) is 11.3 Å². The van der Waals surface area contributed by atoms with Crippen LogP contribution >= 0.6 is 11.3 Å². The van der Waals surface area contributed by atoms with Crippen LogP contribution in [0.4, 0.5) is 11.5 Å². The number of hydrogen-bond donors (Lipinski definition) is 2. The molecule has 1 aromatic carbocycles. The van der Waals surface area contributed by atoms with E-state index in [0.717, 1.165) is 52.2 Å². The molecule has 2 amide bonds. The van der Waals surface area contributed by atoms with Crippen LogP contribution in [0.2, 0.25) is 0 Å². The molecule has 186 valence electrons. The number of amides is 2. The van der Waals surface area contributed by atoms with Gasteiger partial charge in [0.2, 0.25) is 0 Å². The van der Waals surface area contributed by atoms with Crippen molar-refractivity contribution in [2.45, 2.75) is 45.6 Å². The zero-order valence-corrected chi connectivity index (χ0v) is 21.7. The van der Waals surface area contributed by atoms with Crippen LogP contribution in [0.3, 0.4) is 0 Å². The molecular formula is C26H34N6O2S. The van der Waals surface area contributed by atoms with Crippen molar-refractivity contribution < 1.29 is 9.59 Å². The molecule has 1 fully saturated rings. The Kier molecular flexibility index (Phi) is 7.66. The van der Waals surface area contributed by atoms with Gasteiger partial charge in [-0.3, -0.25) is 9.59 Å². The maximum absolute atomic E-state index is 13.3. The lowest BCUT2D eigenvalue weighted by Gasteiger charge is -2.38. The van der Waals surface area contributed by atoms with Gasteiger partial charge in [0.15, 0.2) is 0 Å². The maximum atomic E-state index is 13.3. The van der Waals surface area contributed by atoms with Gasteiger partial charge in [0.1, 0.15) is 5.82 Å². The van der Waals surface area contributed by atoms with Gasteiger partial charge in [0.05, 0.1) is 33.2 Å².